The van der Waals surface area contributed by atoms with E-state index in [1.807, 2.05) is 30.0 Å². The Kier molecular flexibility index (Phi) is 4.24. The van der Waals surface area contributed by atoms with Crippen LogP contribution in [0.2, 0.25) is 0 Å². The van der Waals surface area contributed by atoms with Crippen LogP contribution in [-0.4, -0.2) is 59.2 Å². The van der Waals surface area contributed by atoms with Gasteiger partial charge < -0.3 is 9.64 Å². The van der Waals surface area contributed by atoms with Crippen LogP contribution in [0.5, 0.6) is 0 Å². The monoisotopic (exact) mass is 331 g/mol. The number of aromatic nitrogens is 3. The molecule has 0 amide bonds. The molecule has 0 saturated carbocycles. The highest BCUT2D eigenvalue weighted by Crippen LogP contribution is 2.35. The van der Waals surface area contributed by atoms with Crippen LogP contribution in [0.3, 0.4) is 0 Å². The number of nitrogens with zero attached hydrogens (tertiary/aromatic N) is 5. The van der Waals surface area contributed by atoms with Crippen molar-refractivity contribution in [2.24, 2.45) is 5.41 Å². The minimum absolute atomic E-state index is 0.174. The number of thiazole rings is 1. The molecule has 4 heterocycles. The SMILES string of the molecule is c1cnc(N2CCOCC3(CCN(Cc4nccs4)C3)C2)nc1. The van der Waals surface area contributed by atoms with E-state index in [0.717, 1.165) is 58.3 Å². The average Bonchev–Trinajstić information content (AvgIpc) is 3.17. The van der Waals surface area contributed by atoms with Crippen molar-refractivity contribution in [2.45, 2.75) is 13.0 Å². The van der Waals surface area contributed by atoms with Crippen molar-refractivity contribution in [3.05, 3.63) is 35.0 Å². The molecule has 0 aliphatic carbocycles. The van der Waals surface area contributed by atoms with Gasteiger partial charge in [0.25, 0.3) is 0 Å². The Morgan fingerprint density at radius 3 is 2.87 bits per heavy atom. The van der Waals surface area contributed by atoms with Crippen LogP contribution in [0.15, 0.2) is 30.0 Å². The van der Waals surface area contributed by atoms with E-state index in [-0.39, 0.29) is 5.41 Å². The van der Waals surface area contributed by atoms with E-state index in [2.05, 4.69) is 24.8 Å². The van der Waals surface area contributed by atoms with Crippen molar-refractivity contribution in [3.8, 4) is 0 Å². The van der Waals surface area contributed by atoms with Crippen molar-refractivity contribution in [1.29, 1.82) is 0 Å². The maximum atomic E-state index is 5.93. The molecule has 6 nitrogen and oxygen atoms in total. The smallest absolute Gasteiger partial charge is 0.225 e. The molecule has 0 radical (unpaired) electrons. The quantitative estimate of drug-likeness (QED) is 0.853. The number of hydrogen-bond donors (Lipinski definition) is 0. The van der Waals surface area contributed by atoms with Gasteiger partial charge in [-0.15, -0.1) is 11.3 Å². The van der Waals surface area contributed by atoms with Gasteiger partial charge in [-0.3, -0.25) is 4.90 Å². The topological polar surface area (TPSA) is 54.4 Å². The first kappa shape index (κ1) is 15.0. The second-order valence-electron chi connectivity index (χ2n) is 6.41. The van der Waals surface area contributed by atoms with Gasteiger partial charge in [0.1, 0.15) is 5.01 Å². The van der Waals surface area contributed by atoms with Gasteiger partial charge in [0.15, 0.2) is 0 Å². The van der Waals surface area contributed by atoms with Crippen molar-refractivity contribution >= 4 is 17.3 Å². The maximum Gasteiger partial charge on any atom is 0.225 e. The molecular formula is C16H21N5OS. The Bertz CT molecular complexity index is 623. The fraction of sp³-hybridized carbons (Fsp3) is 0.562. The lowest BCUT2D eigenvalue weighted by molar-refractivity contribution is 0.0730. The van der Waals surface area contributed by atoms with E-state index in [4.69, 9.17) is 4.74 Å². The van der Waals surface area contributed by atoms with Gasteiger partial charge in [-0.05, 0) is 19.0 Å². The van der Waals surface area contributed by atoms with Gasteiger partial charge in [0.05, 0.1) is 19.8 Å². The van der Waals surface area contributed by atoms with Gasteiger partial charge in [0.2, 0.25) is 5.95 Å². The zero-order chi connectivity index (χ0) is 15.5. The first-order chi connectivity index (χ1) is 11.3. The van der Waals surface area contributed by atoms with Crippen molar-refractivity contribution in [1.82, 2.24) is 19.9 Å². The second-order valence-corrected chi connectivity index (χ2v) is 7.39. The van der Waals surface area contributed by atoms with E-state index in [0.29, 0.717) is 0 Å². The third-order valence-electron chi connectivity index (χ3n) is 4.63. The highest BCUT2D eigenvalue weighted by molar-refractivity contribution is 7.09. The van der Waals surface area contributed by atoms with Crippen molar-refractivity contribution in [3.63, 3.8) is 0 Å². The van der Waals surface area contributed by atoms with Gasteiger partial charge in [-0.1, -0.05) is 0 Å². The molecule has 4 rings (SSSR count). The molecule has 1 atom stereocenters. The molecule has 2 fully saturated rings. The van der Waals surface area contributed by atoms with Crippen LogP contribution in [0, 0.1) is 5.41 Å². The summed E-state index contributed by atoms with van der Waals surface area (Å²) in [6.45, 7) is 6.49. The second kappa shape index (κ2) is 6.51. The fourth-order valence-electron chi connectivity index (χ4n) is 3.55. The predicted octanol–water partition coefficient (Wildman–Crippen LogP) is 1.66. The summed E-state index contributed by atoms with van der Waals surface area (Å²) in [4.78, 5) is 18.0. The Morgan fingerprint density at radius 1 is 1.13 bits per heavy atom. The lowest BCUT2D eigenvalue weighted by Gasteiger charge is -2.31. The predicted molar refractivity (Wildman–Crippen MR) is 89.5 cm³/mol. The van der Waals surface area contributed by atoms with Crippen LogP contribution < -0.4 is 4.90 Å². The van der Waals surface area contributed by atoms with E-state index >= 15 is 0 Å². The van der Waals surface area contributed by atoms with Gasteiger partial charge >= 0.3 is 0 Å². The van der Waals surface area contributed by atoms with Crippen LogP contribution in [0.1, 0.15) is 11.4 Å². The molecule has 2 aromatic rings. The number of likely N-dealkylation sites (tertiary alicyclic amines) is 1. The average molecular weight is 331 g/mol. The molecule has 0 aromatic carbocycles. The maximum absolute atomic E-state index is 5.93. The van der Waals surface area contributed by atoms with E-state index in [9.17, 15) is 0 Å². The van der Waals surface area contributed by atoms with Crippen LogP contribution in [0.4, 0.5) is 5.95 Å². The van der Waals surface area contributed by atoms with Crippen molar-refractivity contribution in [2.75, 3.05) is 44.3 Å². The molecule has 1 unspecified atom stereocenters. The van der Waals surface area contributed by atoms with E-state index in [1.54, 1.807) is 11.3 Å². The highest BCUT2D eigenvalue weighted by atomic mass is 32.1. The zero-order valence-corrected chi connectivity index (χ0v) is 13.9. The van der Waals surface area contributed by atoms with Gasteiger partial charge in [-0.25, -0.2) is 15.0 Å². The van der Waals surface area contributed by atoms with Crippen LogP contribution >= 0.6 is 11.3 Å². The molecule has 1 spiro atoms. The summed E-state index contributed by atoms with van der Waals surface area (Å²) in [7, 11) is 0. The van der Waals surface area contributed by atoms with Crippen LogP contribution in [0.25, 0.3) is 0 Å². The normalized spacial score (nSPS) is 25.8. The molecule has 0 N–H and O–H groups in total. The number of ether oxygens (including phenoxy) is 1. The summed E-state index contributed by atoms with van der Waals surface area (Å²) in [5.41, 5.74) is 0.174. The van der Waals surface area contributed by atoms with Gasteiger partial charge in [-0.2, -0.15) is 0 Å². The Labute approximate surface area is 140 Å². The summed E-state index contributed by atoms with van der Waals surface area (Å²) in [5, 5.41) is 3.24. The molecule has 2 aromatic heterocycles. The lowest BCUT2D eigenvalue weighted by Crippen LogP contribution is -2.41. The summed E-state index contributed by atoms with van der Waals surface area (Å²) in [6, 6.07) is 1.86. The van der Waals surface area contributed by atoms with E-state index in [1.165, 1.54) is 5.01 Å². The first-order valence-corrected chi connectivity index (χ1v) is 8.91. The third kappa shape index (κ3) is 3.36. The minimum Gasteiger partial charge on any atom is -0.379 e. The molecule has 23 heavy (non-hydrogen) atoms. The summed E-state index contributed by atoms with van der Waals surface area (Å²) in [6.07, 6.45) is 6.66. The summed E-state index contributed by atoms with van der Waals surface area (Å²) >= 11 is 1.73. The zero-order valence-electron chi connectivity index (χ0n) is 13.1. The Balaban J connectivity index is 1.47. The summed E-state index contributed by atoms with van der Waals surface area (Å²) in [5.74, 6) is 0.816. The first-order valence-electron chi connectivity index (χ1n) is 8.04. The molecule has 2 aliphatic rings. The largest absolute Gasteiger partial charge is 0.379 e. The Morgan fingerprint density at radius 2 is 2.04 bits per heavy atom. The Hall–Kier alpha value is -1.57. The third-order valence-corrected chi connectivity index (χ3v) is 5.40. The van der Waals surface area contributed by atoms with Crippen molar-refractivity contribution < 1.29 is 4.74 Å². The fourth-order valence-corrected chi connectivity index (χ4v) is 4.21. The van der Waals surface area contributed by atoms with Crippen LogP contribution in [-0.2, 0) is 11.3 Å². The number of rotatable bonds is 3. The summed E-state index contributed by atoms with van der Waals surface area (Å²) < 4.78 is 5.93. The van der Waals surface area contributed by atoms with Gasteiger partial charge in [0, 0.05) is 49.0 Å². The van der Waals surface area contributed by atoms with E-state index < -0.39 is 0 Å². The number of anilines is 1. The lowest BCUT2D eigenvalue weighted by atomic mass is 9.87. The molecule has 7 heteroatoms. The molecule has 0 bridgehead atoms. The minimum atomic E-state index is 0.174. The molecular weight excluding hydrogens is 310 g/mol. The number of hydrogen-bond acceptors (Lipinski definition) is 7. The molecule has 2 saturated heterocycles. The molecule has 2 aliphatic heterocycles. The standard InChI is InChI=1S/C16H21N5OS/c1-3-18-15(19-4-1)21-7-8-22-13-16(12-21)2-6-20(11-16)10-14-17-5-9-23-14/h1,3-5,9H,2,6-8,10-13H2. The molecule has 122 valence electrons. The highest BCUT2D eigenvalue weighted by Gasteiger charge is 2.41.